The predicted molar refractivity (Wildman–Crippen MR) is 83.6 cm³/mol. The van der Waals surface area contributed by atoms with E-state index in [9.17, 15) is 12.8 Å². The van der Waals surface area contributed by atoms with Gasteiger partial charge < -0.3 is 0 Å². The number of halogens is 1. The summed E-state index contributed by atoms with van der Waals surface area (Å²) in [5, 5.41) is 0. The summed E-state index contributed by atoms with van der Waals surface area (Å²) >= 11 is 0. The van der Waals surface area contributed by atoms with E-state index in [4.69, 9.17) is 0 Å². The summed E-state index contributed by atoms with van der Waals surface area (Å²) in [6.07, 6.45) is 0. The van der Waals surface area contributed by atoms with Gasteiger partial charge in [0.05, 0.1) is 10.6 Å². The Bertz CT molecular complexity index is 834. The van der Waals surface area contributed by atoms with Crippen LogP contribution in [0.3, 0.4) is 0 Å². The molecule has 2 aromatic rings. The van der Waals surface area contributed by atoms with E-state index in [-0.39, 0.29) is 4.90 Å². The van der Waals surface area contributed by atoms with Gasteiger partial charge in [0, 0.05) is 13.1 Å². The van der Waals surface area contributed by atoms with E-state index in [0.29, 0.717) is 17.8 Å². The summed E-state index contributed by atoms with van der Waals surface area (Å²) in [7, 11) is -1.83. The molecule has 3 rings (SSSR count). The van der Waals surface area contributed by atoms with Crippen LogP contribution < -0.4 is 4.72 Å². The van der Waals surface area contributed by atoms with Crippen molar-refractivity contribution < 1.29 is 12.8 Å². The Morgan fingerprint density at radius 2 is 1.95 bits per heavy atom. The van der Waals surface area contributed by atoms with Gasteiger partial charge in [0.15, 0.2) is 0 Å². The molecular formula is C16H17FN2O2S. The van der Waals surface area contributed by atoms with Gasteiger partial charge in [-0.3, -0.25) is 9.62 Å². The smallest absolute Gasteiger partial charge is 0.262 e. The number of hydrogen-bond acceptors (Lipinski definition) is 3. The van der Waals surface area contributed by atoms with E-state index >= 15 is 0 Å². The topological polar surface area (TPSA) is 49.4 Å². The predicted octanol–water partition coefficient (Wildman–Crippen LogP) is 2.88. The van der Waals surface area contributed by atoms with Crippen LogP contribution in [0.15, 0.2) is 41.3 Å². The lowest BCUT2D eigenvalue weighted by atomic mass is 10.1. The molecule has 0 spiro atoms. The van der Waals surface area contributed by atoms with Crippen LogP contribution in [0.5, 0.6) is 0 Å². The third-order valence-corrected chi connectivity index (χ3v) is 5.33. The Kier molecular flexibility index (Phi) is 3.66. The molecule has 0 atom stereocenters. The van der Waals surface area contributed by atoms with Crippen LogP contribution in [0.2, 0.25) is 0 Å². The van der Waals surface area contributed by atoms with E-state index in [1.807, 2.05) is 19.2 Å². The van der Waals surface area contributed by atoms with Crippen LogP contribution in [-0.2, 0) is 23.1 Å². The van der Waals surface area contributed by atoms with Gasteiger partial charge in [0.2, 0.25) is 0 Å². The largest absolute Gasteiger partial charge is 0.298 e. The first-order chi connectivity index (χ1) is 10.4. The third kappa shape index (κ3) is 2.71. The summed E-state index contributed by atoms with van der Waals surface area (Å²) in [5.74, 6) is -0.566. The second-order valence-electron chi connectivity index (χ2n) is 5.63. The van der Waals surface area contributed by atoms with Gasteiger partial charge in [-0.25, -0.2) is 12.8 Å². The van der Waals surface area contributed by atoms with E-state index < -0.39 is 15.8 Å². The zero-order chi connectivity index (χ0) is 15.9. The molecular weight excluding hydrogens is 303 g/mol. The number of hydrogen-bond donors (Lipinski definition) is 1. The Balaban J connectivity index is 2.00. The van der Waals surface area contributed by atoms with Crippen molar-refractivity contribution in [2.75, 3.05) is 11.8 Å². The zero-order valence-electron chi connectivity index (χ0n) is 12.4. The molecule has 1 heterocycles. The molecule has 0 saturated heterocycles. The molecule has 1 N–H and O–H groups in total. The van der Waals surface area contributed by atoms with Gasteiger partial charge in [0.1, 0.15) is 5.82 Å². The van der Waals surface area contributed by atoms with Crippen molar-refractivity contribution in [3.63, 3.8) is 0 Å². The van der Waals surface area contributed by atoms with Gasteiger partial charge in [-0.1, -0.05) is 18.2 Å². The molecule has 0 fully saturated rings. The van der Waals surface area contributed by atoms with Crippen LogP contribution in [0.25, 0.3) is 0 Å². The van der Waals surface area contributed by atoms with Crippen molar-refractivity contribution in [1.82, 2.24) is 4.90 Å². The molecule has 4 nitrogen and oxygen atoms in total. The molecule has 0 saturated carbocycles. The Morgan fingerprint density at radius 3 is 2.73 bits per heavy atom. The number of aryl methyl sites for hydroxylation is 1. The Hall–Kier alpha value is -1.92. The summed E-state index contributed by atoms with van der Waals surface area (Å²) in [5.41, 5.74) is 3.16. The highest BCUT2D eigenvalue weighted by molar-refractivity contribution is 7.92. The van der Waals surface area contributed by atoms with Gasteiger partial charge in [-0.05, 0) is 48.9 Å². The molecule has 6 heteroatoms. The average Bonchev–Trinajstić information content (AvgIpc) is 2.82. The third-order valence-electron chi connectivity index (χ3n) is 3.83. The Labute approximate surface area is 129 Å². The van der Waals surface area contributed by atoms with Crippen LogP contribution in [0.1, 0.15) is 16.7 Å². The average molecular weight is 320 g/mol. The number of anilines is 1. The molecule has 0 unspecified atom stereocenters. The van der Waals surface area contributed by atoms with Crippen LogP contribution >= 0.6 is 0 Å². The Morgan fingerprint density at radius 1 is 1.18 bits per heavy atom. The molecule has 1 aliphatic heterocycles. The number of nitrogens with zero attached hydrogens (tertiary/aromatic N) is 1. The lowest BCUT2D eigenvalue weighted by Crippen LogP contribution is -2.16. The number of benzene rings is 2. The quantitative estimate of drug-likeness (QED) is 0.946. The molecule has 0 aliphatic carbocycles. The van der Waals surface area contributed by atoms with Gasteiger partial charge in [-0.15, -0.1) is 0 Å². The highest BCUT2D eigenvalue weighted by Crippen LogP contribution is 2.30. The number of sulfonamides is 1. The maximum Gasteiger partial charge on any atom is 0.262 e. The molecule has 0 bridgehead atoms. The van der Waals surface area contributed by atoms with Gasteiger partial charge in [-0.2, -0.15) is 0 Å². The lowest BCUT2D eigenvalue weighted by molar-refractivity contribution is 0.353. The molecule has 22 heavy (non-hydrogen) atoms. The van der Waals surface area contributed by atoms with E-state index in [2.05, 4.69) is 9.62 Å². The van der Waals surface area contributed by atoms with E-state index in [0.717, 1.165) is 23.7 Å². The van der Waals surface area contributed by atoms with E-state index in [1.54, 1.807) is 13.0 Å². The summed E-state index contributed by atoms with van der Waals surface area (Å²) < 4.78 is 41.1. The van der Waals surface area contributed by atoms with Crippen molar-refractivity contribution in [2.24, 2.45) is 0 Å². The van der Waals surface area contributed by atoms with E-state index in [1.165, 1.54) is 12.1 Å². The minimum Gasteiger partial charge on any atom is -0.298 e. The zero-order valence-corrected chi connectivity index (χ0v) is 13.2. The van der Waals surface area contributed by atoms with Crippen LogP contribution in [-0.4, -0.2) is 20.4 Å². The monoisotopic (exact) mass is 320 g/mol. The maximum atomic E-state index is 13.4. The molecule has 116 valence electrons. The number of nitrogens with one attached hydrogen (secondary N) is 1. The fourth-order valence-electron chi connectivity index (χ4n) is 2.74. The fraction of sp³-hybridized carbons (Fsp3) is 0.250. The summed E-state index contributed by atoms with van der Waals surface area (Å²) in [4.78, 5) is 2.08. The van der Waals surface area contributed by atoms with Crippen molar-refractivity contribution in [3.8, 4) is 0 Å². The molecule has 2 aromatic carbocycles. The van der Waals surface area contributed by atoms with Crippen molar-refractivity contribution >= 4 is 15.7 Å². The SMILES string of the molecule is Cc1ccc(F)cc1S(=O)(=O)Nc1cccc2c1CN(C)C2. The highest BCUT2D eigenvalue weighted by Gasteiger charge is 2.23. The molecule has 1 aliphatic rings. The first-order valence-corrected chi connectivity index (χ1v) is 8.43. The summed E-state index contributed by atoms with van der Waals surface area (Å²) in [6, 6.07) is 9.33. The first-order valence-electron chi connectivity index (χ1n) is 6.95. The van der Waals surface area contributed by atoms with Crippen LogP contribution in [0, 0.1) is 12.7 Å². The van der Waals surface area contributed by atoms with Gasteiger partial charge in [0.25, 0.3) is 10.0 Å². The van der Waals surface area contributed by atoms with Crippen molar-refractivity contribution in [1.29, 1.82) is 0 Å². The van der Waals surface area contributed by atoms with Crippen LogP contribution in [0.4, 0.5) is 10.1 Å². The number of rotatable bonds is 3. The minimum atomic E-state index is -3.81. The second kappa shape index (κ2) is 5.37. The second-order valence-corrected chi connectivity index (χ2v) is 7.28. The number of fused-ring (bicyclic) bond motifs is 1. The standard InChI is InChI=1S/C16H17FN2O2S/c1-11-6-7-13(17)8-16(11)22(20,21)18-15-5-3-4-12-9-19(2)10-14(12)15/h3-8,18H,9-10H2,1-2H3. The molecule has 0 aromatic heterocycles. The fourth-order valence-corrected chi connectivity index (χ4v) is 4.10. The van der Waals surface area contributed by atoms with Gasteiger partial charge >= 0.3 is 0 Å². The maximum absolute atomic E-state index is 13.4. The minimum absolute atomic E-state index is 0.0311. The summed E-state index contributed by atoms with van der Waals surface area (Å²) in [6.45, 7) is 3.14. The normalized spacial score (nSPS) is 14.9. The van der Waals surface area contributed by atoms with Crippen molar-refractivity contribution in [2.45, 2.75) is 24.9 Å². The lowest BCUT2D eigenvalue weighted by Gasteiger charge is -2.13. The first kappa shape index (κ1) is 15.0. The van der Waals surface area contributed by atoms with Crippen molar-refractivity contribution in [3.05, 3.63) is 58.9 Å². The molecule has 0 radical (unpaired) electrons. The molecule has 0 amide bonds. The highest BCUT2D eigenvalue weighted by atomic mass is 32.2.